The van der Waals surface area contributed by atoms with Crippen molar-refractivity contribution in [2.75, 3.05) is 6.61 Å². The molecule has 1 saturated carbocycles. The molecule has 0 saturated heterocycles. The van der Waals surface area contributed by atoms with Crippen LogP contribution in [0.2, 0.25) is 0 Å². The highest BCUT2D eigenvalue weighted by atomic mass is 16.3. The van der Waals surface area contributed by atoms with Crippen molar-refractivity contribution in [2.24, 2.45) is 0 Å². The third kappa shape index (κ3) is 1.51. The number of aliphatic hydroxyl groups is 1. The van der Waals surface area contributed by atoms with Crippen LogP contribution >= 0.6 is 0 Å². The summed E-state index contributed by atoms with van der Waals surface area (Å²) in [4.78, 5) is 11.3. The summed E-state index contributed by atoms with van der Waals surface area (Å²) < 4.78 is 2.12. The fraction of sp³-hybridized carbons (Fsp3) is 0.583. The van der Waals surface area contributed by atoms with E-state index in [0.717, 1.165) is 30.7 Å². The number of hydrogen-bond acceptors (Lipinski definition) is 2. The van der Waals surface area contributed by atoms with Crippen LogP contribution < -0.4 is 5.43 Å². The molecule has 82 valence electrons. The predicted molar refractivity (Wildman–Crippen MR) is 59.1 cm³/mol. The highest BCUT2D eigenvalue weighted by molar-refractivity contribution is 5.17. The second-order valence-electron chi connectivity index (χ2n) is 4.55. The zero-order valence-corrected chi connectivity index (χ0v) is 9.29. The van der Waals surface area contributed by atoms with Gasteiger partial charge in [0.25, 0.3) is 0 Å². The zero-order valence-electron chi connectivity index (χ0n) is 9.29. The minimum atomic E-state index is -0.137. The second-order valence-corrected chi connectivity index (χ2v) is 4.55. The molecular weight excluding hydrogens is 190 g/mol. The van der Waals surface area contributed by atoms with Crippen molar-refractivity contribution in [2.45, 2.75) is 38.6 Å². The summed E-state index contributed by atoms with van der Waals surface area (Å²) in [6.07, 6.45) is 3.17. The number of nitrogens with zero attached hydrogens (tertiary/aromatic N) is 1. The Balaban J connectivity index is 2.56. The van der Waals surface area contributed by atoms with Gasteiger partial charge in [0.1, 0.15) is 0 Å². The summed E-state index contributed by atoms with van der Waals surface area (Å²) >= 11 is 0. The molecule has 0 spiro atoms. The molecule has 1 fully saturated rings. The van der Waals surface area contributed by atoms with E-state index in [1.807, 2.05) is 13.8 Å². The van der Waals surface area contributed by atoms with Crippen molar-refractivity contribution in [1.29, 1.82) is 0 Å². The lowest BCUT2D eigenvalue weighted by Crippen LogP contribution is -2.46. The van der Waals surface area contributed by atoms with E-state index in [1.165, 1.54) is 0 Å². The molecule has 1 aliphatic rings. The molecule has 1 aromatic rings. The fourth-order valence-corrected chi connectivity index (χ4v) is 2.65. The average Bonchev–Trinajstić information content (AvgIpc) is 2.07. The molecule has 0 bridgehead atoms. The lowest BCUT2D eigenvalue weighted by atomic mass is 9.76. The Labute approximate surface area is 89.4 Å². The molecule has 1 heterocycles. The maximum absolute atomic E-state index is 11.3. The summed E-state index contributed by atoms with van der Waals surface area (Å²) in [5.41, 5.74) is 1.82. The van der Waals surface area contributed by atoms with Crippen molar-refractivity contribution in [3.8, 4) is 0 Å². The number of aliphatic hydroxyl groups excluding tert-OH is 1. The number of pyridine rings is 1. The van der Waals surface area contributed by atoms with Gasteiger partial charge < -0.3 is 9.67 Å². The molecule has 0 unspecified atom stereocenters. The van der Waals surface area contributed by atoms with E-state index in [2.05, 4.69) is 4.57 Å². The van der Waals surface area contributed by atoms with Gasteiger partial charge in [-0.15, -0.1) is 0 Å². The summed E-state index contributed by atoms with van der Waals surface area (Å²) in [5, 5.41) is 9.51. The van der Waals surface area contributed by atoms with Crippen LogP contribution in [0.3, 0.4) is 0 Å². The van der Waals surface area contributed by atoms with Crippen LogP contribution in [-0.2, 0) is 5.54 Å². The molecule has 0 amide bonds. The molecule has 1 aliphatic carbocycles. The smallest absolute Gasteiger partial charge is 0.182 e. The minimum absolute atomic E-state index is 0.0497. The molecule has 0 aromatic carbocycles. The van der Waals surface area contributed by atoms with E-state index in [1.54, 1.807) is 12.1 Å². The van der Waals surface area contributed by atoms with Crippen molar-refractivity contribution < 1.29 is 5.11 Å². The lowest BCUT2D eigenvalue weighted by molar-refractivity contribution is 0.0511. The van der Waals surface area contributed by atoms with Crippen molar-refractivity contribution in [3.63, 3.8) is 0 Å². The summed E-state index contributed by atoms with van der Waals surface area (Å²) in [6.45, 7) is 4.03. The van der Waals surface area contributed by atoms with Crippen LogP contribution in [0.25, 0.3) is 0 Å². The van der Waals surface area contributed by atoms with Gasteiger partial charge in [-0.05, 0) is 33.1 Å². The molecular formula is C12H17NO2. The monoisotopic (exact) mass is 207 g/mol. The topological polar surface area (TPSA) is 42.2 Å². The predicted octanol–water partition coefficient (Wildman–Crippen LogP) is 1.34. The van der Waals surface area contributed by atoms with Crippen molar-refractivity contribution in [1.82, 2.24) is 4.57 Å². The maximum atomic E-state index is 11.3. The maximum Gasteiger partial charge on any atom is 0.182 e. The quantitative estimate of drug-likeness (QED) is 0.795. The van der Waals surface area contributed by atoms with Gasteiger partial charge in [0.05, 0.1) is 12.1 Å². The Morgan fingerprint density at radius 1 is 1.33 bits per heavy atom. The summed E-state index contributed by atoms with van der Waals surface area (Å²) in [5.74, 6) is 0. The lowest BCUT2D eigenvalue weighted by Gasteiger charge is -2.44. The number of aromatic nitrogens is 1. The molecule has 0 atom stereocenters. The van der Waals surface area contributed by atoms with Crippen LogP contribution in [0.4, 0.5) is 0 Å². The number of rotatable bonds is 2. The zero-order chi connectivity index (χ0) is 11.1. The van der Waals surface area contributed by atoms with E-state index in [0.29, 0.717) is 0 Å². The molecule has 15 heavy (non-hydrogen) atoms. The van der Waals surface area contributed by atoms with Crippen molar-refractivity contribution >= 4 is 0 Å². The van der Waals surface area contributed by atoms with Gasteiger partial charge >= 0.3 is 0 Å². The Bertz CT molecular complexity index is 398. The summed E-state index contributed by atoms with van der Waals surface area (Å²) in [7, 11) is 0. The molecule has 0 radical (unpaired) electrons. The third-order valence-electron chi connectivity index (χ3n) is 3.46. The first kappa shape index (κ1) is 10.4. The number of aryl methyl sites for hydroxylation is 2. The highest BCUT2D eigenvalue weighted by Gasteiger charge is 2.39. The van der Waals surface area contributed by atoms with Gasteiger partial charge in [-0.25, -0.2) is 0 Å². The van der Waals surface area contributed by atoms with E-state index < -0.39 is 0 Å². The molecule has 1 aromatic heterocycles. The summed E-state index contributed by atoms with van der Waals surface area (Å²) in [6, 6.07) is 3.28. The largest absolute Gasteiger partial charge is 0.394 e. The number of hydrogen-bond donors (Lipinski definition) is 1. The van der Waals surface area contributed by atoms with E-state index >= 15 is 0 Å². The molecule has 3 heteroatoms. The Kier molecular flexibility index (Phi) is 2.43. The average molecular weight is 207 g/mol. The highest BCUT2D eigenvalue weighted by Crippen LogP contribution is 2.40. The van der Waals surface area contributed by atoms with Gasteiger partial charge in [0.15, 0.2) is 5.43 Å². The second kappa shape index (κ2) is 3.49. The Morgan fingerprint density at radius 2 is 1.87 bits per heavy atom. The normalized spacial score (nSPS) is 18.6. The first-order valence-corrected chi connectivity index (χ1v) is 5.41. The van der Waals surface area contributed by atoms with Crippen LogP contribution in [-0.4, -0.2) is 16.3 Å². The van der Waals surface area contributed by atoms with Crippen LogP contribution in [0.5, 0.6) is 0 Å². The van der Waals surface area contributed by atoms with Crippen LogP contribution in [0.15, 0.2) is 16.9 Å². The standard InChI is InChI=1S/C12H17NO2/c1-9-6-11(15)7-10(2)13(9)12(8-14)4-3-5-12/h6-7,14H,3-5,8H2,1-2H3. The van der Waals surface area contributed by atoms with E-state index in [-0.39, 0.29) is 17.6 Å². The van der Waals surface area contributed by atoms with Crippen LogP contribution in [0.1, 0.15) is 30.7 Å². The molecule has 3 nitrogen and oxygen atoms in total. The van der Waals surface area contributed by atoms with Crippen LogP contribution in [0, 0.1) is 13.8 Å². The fourth-order valence-electron chi connectivity index (χ4n) is 2.65. The molecule has 2 rings (SSSR count). The van der Waals surface area contributed by atoms with Gasteiger partial charge in [0.2, 0.25) is 0 Å². The van der Waals surface area contributed by atoms with E-state index in [9.17, 15) is 9.90 Å². The minimum Gasteiger partial charge on any atom is -0.394 e. The first-order chi connectivity index (χ1) is 7.09. The van der Waals surface area contributed by atoms with E-state index in [4.69, 9.17) is 0 Å². The van der Waals surface area contributed by atoms with Crippen molar-refractivity contribution in [3.05, 3.63) is 33.7 Å². The van der Waals surface area contributed by atoms with Gasteiger partial charge in [0, 0.05) is 23.5 Å². The Hall–Kier alpha value is -1.09. The van der Waals surface area contributed by atoms with Gasteiger partial charge in [-0.1, -0.05) is 0 Å². The molecule has 1 N–H and O–H groups in total. The van der Waals surface area contributed by atoms with Gasteiger partial charge in [-0.2, -0.15) is 0 Å². The molecule has 0 aliphatic heterocycles. The SMILES string of the molecule is Cc1cc(=O)cc(C)n1C1(CO)CCC1. The Morgan fingerprint density at radius 3 is 2.20 bits per heavy atom. The third-order valence-corrected chi connectivity index (χ3v) is 3.46. The van der Waals surface area contributed by atoms with Gasteiger partial charge in [-0.3, -0.25) is 4.79 Å². The first-order valence-electron chi connectivity index (χ1n) is 5.41.